The second-order valence-electron chi connectivity index (χ2n) is 5.26. The number of amides is 1. The minimum atomic E-state index is -0.273. The Balaban J connectivity index is 2.54. The molecule has 5 heteroatoms. The number of carbonyl (C=O) groups excluding carboxylic acids is 1. The number of nitrogens with zero attached hydrogens (tertiary/aromatic N) is 3. The van der Waals surface area contributed by atoms with Gasteiger partial charge in [0.1, 0.15) is 5.82 Å². The zero-order valence-corrected chi connectivity index (χ0v) is 12.8. The average Bonchev–Trinajstić information content (AvgIpc) is 2.44. The van der Waals surface area contributed by atoms with Crippen molar-refractivity contribution in [3.63, 3.8) is 0 Å². The molecule has 0 aliphatic carbocycles. The molecule has 4 nitrogen and oxygen atoms in total. The molecule has 1 aromatic carbocycles. The quantitative estimate of drug-likeness (QED) is 0.774. The lowest BCUT2D eigenvalue weighted by molar-refractivity contribution is -0.132. The molecule has 0 bridgehead atoms. The second kappa shape index (κ2) is 8.38. The largest absolute Gasteiger partial charge is 0.341 e. The van der Waals surface area contributed by atoms with E-state index in [1.54, 1.807) is 17.9 Å². The van der Waals surface area contributed by atoms with Crippen LogP contribution in [-0.2, 0) is 11.3 Å². The summed E-state index contributed by atoms with van der Waals surface area (Å²) in [5.74, 6) is -0.466. The number of benzene rings is 1. The number of halogens is 1. The van der Waals surface area contributed by atoms with Crippen molar-refractivity contribution in [2.24, 2.45) is 5.92 Å². The van der Waals surface area contributed by atoms with E-state index in [9.17, 15) is 9.18 Å². The summed E-state index contributed by atoms with van der Waals surface area (Å²) < 4.78 is 13.1. The molecule has 114 valence electrons. The van der Waals surface area contributed by atoms with Gasteiger partial charge in [-0.3, -0.25) is 9.69 Å². The highest BCUT2D eigenvalue weighted by Crippen LogP contribution is 2.07. The first-order valence-corrected chi connectivity index (χ1v) is 7.06. The third kappa shape index (κ3) is 5.92. The monoisotopic (exact) mass is 291 g/mol. The average molecular weight is 291 g/mol. The Labute approximate surface area is 125 Å². The third-order valence-corrected chi connectivity index (χ3v) is 3.20. The Bertz CT molecular complexity index is 512. The molecule has 0 fully saturated rings. The molecule has 1 aromatic rings. The molecule has 1 atom stereocenters. The molecule has 0 aromatic heterocycles. The van der Waals surface area contributed by atoms with Crippen LogP contribution in [0.25, 0.3) is 0 Å². The van der Waals surface area contributed by atoms with Crippen LogP contribution in [0.1, 0.15) is 19.4 Å². The summed E-state index contributed by atoms with van der Waals surface area (Å²) in [6.45, 7) is 5.48. The third-order valence-electron chi connectivity index (χ3n) is 3.20. The molecule has 0 aliphatic rings. The number of carbonyl (C=O) groups is 1. The molecule has 21 heavy (non-hydrogen) atoms. The van der Waals surface area contributed by atoms with E-state index >= 15 is 0 Å². The fourth-order valence-corrected chi connectivity index (χ4v) is 2.11. The van der Waals surface area contributed by atoms with E-state index in [2.05, 4.69) is 6.07 Å². The van der Waals surface area contributed by atoms with Crippen molar-refractivity contribution in [3.05, 3.63) is 35.6 Å². The zero-order valence-electron chi connectivity index (χ0n) is 12.8. The highest BCUT2D eigenvalue weighted by molar-refractivity contribution is 5.78. The van der Waals surface area contributed by atoms with Crippen molar-refractivity contribution in [2.45, 2.75) is 20.4 Å². The second-order valence-corrected chi connectivity index (χ2v) is 5.26. The summed E-state index contributed by atoms with van der Waals surface area (Å²) in [7, 11) is 1.82. The molecular formula is C16H22FN3O. The van der Waals surface area contributed by atoms with Crippen LogP contribution >= 0.6 is 0 Å². The lowest BCUT2D eigenvalue weighted by atomic mass is 10.2. The van der Waals surface area contributed by atoms with Gasteiger partial charge in [0.05, 0.1) is 18.5 Å². The lowest BCUT2D eigenvalue weighted by Crippen LogP contribution is -2.40. The summed E-state index contributed by atoms with van der Waals surface area (Å²) >= 11 is 0. The molecule has 0 aliphatic heterocycles. The van der Waals surface area contributed by atoms with Gasteiger partial charge >= 0.3 is 0 Å². The smallest absolute Gasteiger partial charge is 0.236 e. The van der Waals surface area contributed by atoms with E-state index in [1.807, 2.05) is 24.9 Å². The zero-order chi connectivity index (χ0) is 15.8. The first-order valence-electron chi connectivity index (χ1n) is 7.06. The van der Waals surface area contributed by atoms with E-state index in [1.165, 1.54) is 12.1 Å². The fourth-order valence-electron chi connectivity index (χ4n) is 2.11. The van der Waals surface area contributed by atoms with Crippen molar-refractivity contribution >= 4 is 5.91 Å². The van der Waals surface area contributed by atoms with Crippen molar-refractivity contribution < 1.29 is 9.18 Å². The predicted octanol–water partition coefficient (Wildman–Crippen LogP) is 2.27. The normalized spacial score (nSPS) is 12.0. The fraction of sp³-hybridized carbons (Fsp3) is 0.500. The van der Waals surface area contributed by atoms with E-state index < -0.39 is 0 Å². The Hall–Kier alpha value is -1.93. The lowest BCUT2D eigenvalue weighted by Gasteiger charge is -2.25. The van der Waals surface area contributed by atoms with Crippen molar-refractivity contribution in [1.29, 1.82) is 5.26 Å². The van der Waals surface area contributed by atoms with Crippen LogP contribution in [0.15, 0.2) is 24.3 Å². The topological polar surface area (TPSA) is 47.3 Å². The highest BCUT2D eigenvalue weighted by atomic mass is 19.1. The standard InChI is InChI=1S/C16H22FN3O/c1-4-20(10-13(2)9-18)16(21)12-19(3)11-14-6-5-7-15(17)8-14/h5-8,13H,4,10-12H2,1-3H3/t13-/m0/s1. The number of hydrogen-bond donors (Lipinski definition) is 0. The van der Waals surface area contributed by atoms with Gasteiger partial charge in [0.25, 0.3) is 0 Å². The van der Waals surface area contributed by atoms with E-state index in [-0.39, 0.29) is 24.2 Å². The van der Waals surface area contributed by atoms with Gasteiger partial charge in [0.15, 0.2) is 0 Å². The number of nitriles is 1. The minimum absolute atomic E-state index is 0.0153. The maximum Gasteiger partial charge on any atom is 0.236 e. The number of hydrogen-bond acceptors (Lipinski definition) is 3. The Kier molecular flexibility index (Phi) is 6.83. The van der Waals surface area contributed by atoms with Crippen LogP contribution in [0.2, 0.25) is 0 Å². The maximum absolute atomic E-state index is 13.1. The molecule has 1 rings (SSSR count). The molecule has 0 heterocycles. The van der Waals surface area contributed by atoms with Crippen LogP contribution in [0.4, 0.5) is 4.39 Å². The van der Waals surface area contributed by atoms with Gasteiger partial charge in [-0.25, -0.2) is 4.39 Å². The van der Waals surface area contributed by atoms with Gasteiger partial charge in [-0.15, -0.1) is 0 Å². The number of rotatable bonds is 7. The van der Waals surface area contributed by atoms with E-state index in [0.717, 1.165) is 5.56 Å². The number of likely N-dealkylation sites (N-methyl/N-ethyl adjacent to an activating group) is 2. The minimum Gasteiger partial charge on any atom is -0.341 e. The molecule has 0 unspecified atom stereocenters. The predicted molar refractivity (Wildman–Crippen MR) is 79.8 cm³/mol. The summed E-state index contributed by atoms with van der Waals surface area (Å²) in [6.07, 6.45) is 0. The Morgan fingerprint density at radius 3 is 2.76 bits per heavy atom. The van der Waals surface area contributed by atoms with E-state index in [0.29, 0.717) is 19.6 Å². The van der Waals surface area contributed by atoms with Crippen LogP contribution in [0, 0.1) is 23.1 Å². The van der Waals surface area contributed by atoms with E-state index in [4.69, 9.17) is 5.26 Å². The van der Waals surface area contributed by atoms with Crippen molar-refractivity contribution in [1.82, 2.24) is 9.80 Å². The summed E-state index contributed by atoms with van der Waals surface area (Å²) in [6, 6.07) is 8.50. The molecule has 0 saturated carbocycles. The van der Waals surface area contributed by atoms with Gasteiger partial charge in [-0.1, -0.05) is 12.1 Å². The van der Waals surface area contributed by atoms with Crippen molar-refractivity contribution in [3.8, 4) is 6.07 Å². The molecule has 1 amide bonds. The van der Waals surface area contributed by atoms with Gasteiger partial charge in [0, 0.05) is 19.6 Å². The molecule has 0 radical (unpaired) electrons. The van der Waals surface area contributed by atoms with Crippen LogP contribution in [0.3, 0.4) is 0 Å². The molecule has 0 saturated heterocycles. The maximum atomic E-state index is 13.1. The first-order chi connectivity index (χ1) is 9.96. The highest BCUT2D eigenvalue weighted by Gasteiger charge is 2.16. The molecule has 0 spiro atoms. The Morgan fingerprint density at radius 1 is 1.48 bits per heavy atom. The van der Waals surface area contributed by atoms with Gasteiger partial charge in [-0.2, -0.15) is 5.26 Å². The van der Waals surface area contributed by atoms with Gasteiger partial charge in [-0.05, 0) is 38.6 Å². The van der Waals surface area contributed by atoms with Crippen molar-refractivity contribution in [2.75, 3.05) is 26.7 Å². The SMILES string of the molecule is CCN(C[C@@H](C)C#N)C(=O)CN(C)Cc1cccc(F)c1. The molecular weight excluding hydrogens is 269 g/mol. The van der Waals surface area contributed by atoms with Crippen LogP contribution < -0.4 is 0 Å². The summed E-state index contributed by atoms with van der Waals surface area (Å²) in [5, 5.41) is 8.83. The molecule has 0 N–H and O–H groups in total. The van der Waals surface area contributed by atoms with Gasteiger partial charge < -0.3 is 4.90 Å². The van der Waals surface area contributed by atoms with Crippen LogP contribution in [0.5, 0.6) is 0 Å². The summed E-state index contributed by atoms with van der Waals surface area (Å²) in [4.78, 5) is 15.7. The summed E-state index contributed by atoms with van der Waals surface area (Å²) in [5.41, 5.74) is 0.832. The Morgan fingerprint density at radius 2 is 2.19 bits per heavy atom. The first kappa shape index (κ1) is 17.1. The van der Waals surface area contributed by atoms with Gasteiger partial charge in [0.2, 0.25) is 5.91 Å². The van der Waals surface area contributed by atoms with Crippen LogP contribution in [-0.4, -0.2) is 42.4 Å².